The van der Waals surface area contributed by atoms with E-state index in [0.29, 0.717) is 6.42 Å². The first-order valence-electron chi connectivity index (χ1n) is 13.1. The van der Waals surface area contributed by atoms with Crippen LogP contribution >= 0.6 is 0 Å². The van der Waals surface area contributed by atoms with Crippen LogP contribution in [0.1, 0.15) is 155 Å². The van der Waals surface area contributed by atoms with Gasteiger partial charge < -0.3 is 5.11 Å². The fourth-order valence-corrected chi connectivity index (χ4v) is 3.95. The minimum absolute atomic E-state index is 0.295. The zero-order chi connectivity index (χ0) is 21.3. The fraction of sp³-hybridized carbons (Fsp3) is 0.889. The van der Waals surface area contributed by atoms with Gasteiger partial charge in [-0.05, 0) is 25.7 Å². The Morgan fingerprint density at radius 2 is 0.828 bits per heavy atom. The average Bonchev–Trinajstić information content (AvgIpc) is 2.71. The van der Waals surface area contributed by atoms with Gasteiger partial charge in [0.05, 0.1) is 0 Å². The van der Waals surface area contributed by atoms with Crippen molar-refractivity contribution >= 4 is 5.97 Å². The number of rotatable bonds is 24. The maximum Gasteiger partial charge on any atom is 0.303 e. The molecule has 0 amide bonds. The standard InChI is InChI=1S/C27H52O2/c1-2-3-4-5-6-7-8-9-10-11-12-13-14-15-16-17-18-19-20-21-22-23-24-25-26-27(28)29/h22-23H,2-21,24-26H2,1H3,(H,28,29). The van der Waals surface area contributed by atoms with Gasteiger partial charge >= 0.3 is 5.97 Å². The first kappa shape index (κ1) is 28.2. The second kappa shape index (κ2) is 25.2. The molecule has 0 saturated heterocycles. The lowest BCUT2D eigenvalue weighted by Crippen LogP contribution is -1.92. The highest BCUT2D eigenvalue weighted by atomic mass is 16.4. The summed E-state index contributed by atoms with van der Waals surface area (Å²) in [4.78, 5) is 10.4. The molecule has 0 fully saturated rings. The van der Waals surface area contributed by atoms with Crippen LogP contribution in [0.3, 0.4) is 0 Å². The molecule has 0 radical (unpaired) electrons. The van der Waals surface area contributed by atoms with Gasteiger partial charge in [0.2, 0.25) is 0 Å². The number of carboxylic acids is 1. The second-order valence-corrected chi connectivity index (χ2v) is 8.91. The van der Waals surface area contributed by atoms with Crippen molar-refractivity contribution in [3.8, 4) is 0 Å². The number of hydrogen-bond acceptors (Lipinski definition) is 1. The van der Waals surface area contributed by atoms with Gasteiger partial charge in [0.1, 0.15) is 0 Å². The van der Waals surface area contributed by atoms with Crippen LogP contribution in [0.2, 0.25) is 0 Å². The molecule has 0 aliphatic carbocycles. The quantitative estimate of drug-likeness (QED) is 0.127. The molecular weight excluding hydrogens is 356 g/mol. The zero-order valence-corrected chi connectivity index (χ0v) is 19.8. The second-order valence-electron chi connectivity index (χ2n) is 8.91. The zero-order valence-electron chi connectivity index (χ0n) is 19.8. The molecule has 0 spiro atoms. The fourth-order valence-electron chi connectivity index (χ4n) is 3.95. The van der Waals surface area contributed by atoms with Crippen molar-refractivity contribution in [3.63, 3.8) is 0 Å². The molecular formula is C27H52O2. The molecule has 0 aliphatic rings. The van der Waals surface area contributed by atoms with Crippen molar-refractivity contribution in [3.05, 3.63) is 12.2 Å². The van der Waals surface area contributed by atoms with Gasteiger partial charge in [-0.15, -0.1) is 0 Å². The van der Waals surface area contributed by atoms with Crippen molar-refractivity contribution in [1.29, 1.82) is 0 Å². The van der Waals surface area contributed by atoms with E-state index in [1.54, 1.807) is 0 Å². The van der Waals surface area contributed by atoms with E-state index in [4.69, 9.17) is 5.11 Å². The molecule has 0 aliphatic heterocycles. The van der Waals surface area contributed by atoms with E-state index in [1.165, 1.54) is 122 Å². The Kier molecular flexibility index (Phi) is 24.6. The molecule has 2 heteroatoms. The number of unbranched alkanes of at least 4 members (excludes halogenated alkanes) is 20. The average molecular weight is 409 g/mol. The lowest BCUT2D eigenvalue weighted by Gasteiger charge is -2.03. The molecule has 0 aromatic heterocycles. The number of carboxylic acid groups (broad SMARTS) is 1. The van der Waals surface area contributed by atoms with E-state index >= 15 is 0 Å². The summed E-state index contributed by atoms with van der Waals surface area (Å²) in [5.74, 6) is -0.683. The molecule has 0 aromatic carbocycles. The van der Waals surface area contributed by atoms with E-state index in [2.05, 4.69) is 19.1 Å². The number of allylic oxidation sites excluding steroid dienone is 2. The Labute approximate surface area is 182 Å². The van der Waals surface area contributed by atoms with Crippen molar-refractivity contribution in [2.45, 2.75) is 155 Å². The smallest absolute Gasteiger partial charge is 0.303 e. The van der Waals surface area contributed by atoms with Crippen LogP contribution in [0.25, 0.3) is 0 Å². The van der Waals surface area contributed by atoms with Crippen LogP contribution < -0.4 is 0 Å². The van der Waals surface area contributed by atoms with Gasteiger partial charge in [-0.1, -0.05) is 135 Å². The van der Waals surface area contributed by atoms with Crippen LogP contribution in [0.5, 0.6) is 0 Å². The minimum Gasteiger partial charge on any atom is -0.481 e. The summed E-state index contributed by atoms with van der Waals surface area (Å²) in [6.45, 7) is 2.29. The Morgan fingerprint density at radius 3 is 1.17 bits per heavy atom. The third kappa shape index (κ3) is 27.2. The molecule has 172 valence electrons. The largest absolute Gasteiger partial charge is 0.481 e. The number of hydrogen-bond donors (Lipinski definition) is 1. The van der Waals surface area contributed by atoms with Gasteiger partial charge in [-0.25, -0.2) is 0 Å². The number of carbonyl (C=O) groups is 1. The molecule has 2 nitrogen and oxygen atoms in total. The van der Waals surface area contributed by atoms with Crippen LogP contribution in [0.15, 0.2) is 12.2 Å². The Balaban J connectivity index is 3.05. The predicted molar refractivity (Wildman–Crippen MR) is 129 cm³/mol. The minimum atomic E-state index is -0.683. The Bertz CT molecular complexity index is 348. The lowest BCUT2D eigenvalue weighted by molar-refractivity contribution is -0.137. The highest BCUT2D eigenvalue weighted by molar-refractivity contribution is 5.66. The first-order valence-corrected chi connectivity index (χ1v) is 13.1. The molecule has 29 heavy (non-hydrogen) atoms. The summed E-state index contributed by atoms with van der Waals surface area (Å²) in [5.41, 5.74) is 0. The van der Waals surface area contributed by atoms with Crippen molar-refractivity contribution in [2.24, 2.45) is 0 Å². The van der Waals surface area contributed by atoms with Crippen LogP contribution in [-0.2, 0) is 4.79 Å². The van der Waals surface area contributed by atoms with Gasteiger partial charge in [-0.3, -0.25) is 4.79 Å². The molecule has 0 aromatic rings. The highest BCUT2D eigenvalue weighted by Crippen LogP contribution is 2.14. The third-order valence-corrected chi connectivity index (χ3v) is 5.90. The van der Waals surface area contributed by atoms with Gasteiger partial charge in [-0.2, -0.15) is 0 Å². The van der Waals surface area contributed by atoms with E-state index in [-0.39, 0.29) is 0 Å². The summed E-state index contributed by atoms with van der Waals surface area (Å²) < 4.78 is 0. The summed E-state index contributed by atoms with van der Waals surface area (Å²) >= 11 is 0. The SMILES string of the molecule is CCCCCCCCCCCCCCCCCCCCCC=CCCCC(=O)O. The van der Waals surface area contributed by atoms with E-state index in [0.717, 1.165) is 19.3 Å². The van der Waals surface area contributed by atoms with E-state index in [1.807, 2.05) is 0 Å². The molecule has 0 saturated carbocycles. The molecule has 0 rings (SSSR count). The van der Waals surface area contributed by atoms with E-state index in [9.17, 15) is 4.79 Å². The Hall–Kier alpha value is -0.790. The predicted octanol–water partition coefficient (Wildman–Crippen LogP) is 9.62. The summed E-state index contributed by atoms with van der Waals surface area (Å²) in [5, 5.41) is 8.57. The Morgan fingerprint density at radius 1 is 0.517 bits per heavy atom. The lowest BCUT2D eigenvalue weighted by atomic mass is 10.0. The van der Waals surface area contributed by atoms with Crippen LogP contribution in [0, 0.1) is 0 Å². The van der Waals surface area contributed by atoms with E-state index < -0.39 is 5.97 Å². The summed E-state index contributed by atoms with van der Waals surface area (Å²) in [6.07, 6.45) is 34.6. The first-order chi connectivity index (χ1) is 14.3. The monoisotopic (exact) mass is 408 g/mol. The normalized spacial score (nSPS) is 11.5. The van der Waals surface area contributed by atoms with Gasteiger partial charge in [0.15, 0.2) is 0 Å². The van der Waals surface area contributed by atoms with Gasteiger partial charge in [0, 0.05) is 6.42 Å². The summed E-state index contributed by atoms with van der Waals surface area (Å²) in [6, 6.07) is 0. The van der Waals surface area contributed by atoms with Crippen molar-refractivity contribution in [2.75, 3.05) is 0 Å². The van der Waals surface area contributed by atoms with Crippen LogP contribution in [0.4, 0.5) is 0 Å². The molecule has 0 atom stereocenters. The molecule has 1 N–H and O–H groups in total. The third-order valence-electron chi connectivity index (χ3n) is 5.90. The molecule has 0 heterocycles. The molecule has 0 unspecified atom stereocenters. The maximum absolute atomic E-state index is 10.4. The highest BCUT2D eigenvalue weighted by Gasteiger charge is 1.95. The number of aliphatic carboxylic acids is 1. The van der Waals surface area contributed by atoms with Crippen molar-refractivity contribution in [1.82, 2.24) is 0 Å². The van der Waals surface area contributed by atoms with Crippen LogP contribution in [-0.4, -0.2) is 11.1 Å². The summed E-state index contributed by atoms with van der Waals surface area (Å²) in [7, 11) is 0. The molecule has 0 bridgehead atoms. The maximum atomic E-state index is 10.4. The van der Waals surface area contributed by atoms with Gasteiger partial charge in [0.25, 0.3) is 0 Å². The van der Waals surface area contributed by atoms with Crippen molar-refractivity contribution < 1.29 is 9.90 Å². The topological polar surface area (TPSA) is 37.3 Å².